The lowest BCUT2D eigenvalue weighted by atomic mass is 10.1. The Labute approximate surface area is 160 Å². The van der Waals surface area contributed by atoms with Crippen LogP contribution in [0.5, 0.6) is 0 Å². The third-order valence-electron chi connectivity index (χ3n) is 5.22. The minimum atomic E-state index is -0.252. The smallest absolute Gasteiger partial charge is 0.317 e. The van der Waals surface area contributed by atoms with Crippen molar-refractivity contribution in [2.45, 2.75) is 57.4 Å². The predicted molar refractivity (Wildman–Crippen MR) is 105 cm³/mol. The maximum Gasteiger partial charge on any atom is 0.317 e. The highest BCUT2D eigenvalue weighted by Gasteiger charge is 2.18. The van der Waals surface area contributed by atoms with Crippen LogP contribution >= 0.6 is 0 Å². The molecule has 6 heteroatoms. The maximum atomic E-state index is 13.3. The van der Waals surface area contributed by atoms with Gasteiger partial charge in [0.1, 0.15) is 5.82 Å². The Bertz CT molecular complexity index is 739. The summed E-state index contributed by atoms with van der Waals surface area (Å²) in [5, 5.41) is 10.4. The minimum absolute atomic E-state index is 0.0511. The van der Waals surface area contributed by atoms with E-state index in [4.69, 9.17) is 0 Å². The molecule has 0 atom stereocenters. The van der Waals surface area contributed by atoms with Crippen molar-refractivity contribution >= 4 is 6.03 Å². The SMILES string of the molecule is CN(CCCCCc1cc(-c2cccc(F)c2)n[nH]1)C(=O)NC1CCCC1. The molecule has 3 rings (SSSR count). The van der Waals surface area contributed by atoms with Crippen molar-refractivity contribution in [1.29, 1.82) is 0 Å². The molecule has 5 nitrogen and oxygen atoms in total. The number of aromatic amines is 1. The van der Waals surface area contributed by atoms with E-state index in [1.165, 1.54) is 25.0 Å². The van der Waals surface area contributed by atoms with Crippen LogP contribution in [0.15, 0.2) is 30.3 Å². The quantitative estimate of drug-likeness (QED) is 0.670. The summed E-state index contributed by atoms with van der Waals surface area (Å²) >= 11 is 0. The van der Waals surface area contributed by atoms with Crippen molar-refractivity contribution in [1.82, 2.24) is 20.4 Å². The van der Waals surface area contributed by atoms with Gasteiger partial charge in [-0.2, -0.15) is 5.10 Å². The van der Waals surface area contributed by atoms with Crippen LogP contribution < -0.4 is 5.32 Å². The predicted octanol–water partition coefficient (Wildman–Crippen LogP) is 4.51. The molecule has 0 spiro atoms. The van der Waals surface area contributed by atoms with E-state index in [2.05, 4.69) is 15.5 Å². The number of H-pyrrole nitrogens is 1. The number of urea groups is 1. The minimum Gasteiger partial charge on any atom is -0.335 e. The van der Waals surface area contributed by atoms with Crippen LogP contribution in [-0.4, -0.2) is 40.8 Å². The summed E-state index contributed by atoms with van der Waals surface area (Å²) in [4.78, 5) is 13.9. The maximum absolute atomic E-state index is 13.3. The summed E-state index contributed by atoms with van der Waals surface area (Å²) in [6.07, 6.45) is 8.65. The average Bonchev–Trinajstić information content (AvgIpc) is 3.33. The molecule has 1 saturated carbocycles. The molecule has 1 aliphatic carbocycles. The lowest BCUT2D eigenvalue weighted by Crippen LogP contribution is -2.42. The highest BCUT2D eigenvalue weighted by molar-refractivity contribution is 5.74. The molecule has 2 amide bonds. The zero-order chi connectivity index (χ0) is 19.1. The topological polar surface area (TPSA) is 61.0 Å². The second-order valence-corrected chi connectivity index (χ2v) is 7.45. The Kier molecular flexibility index (Phi) is 6.85. The van der Waals surface area contributed by atoms with E-state index in [0.717, 1.165) is 62.0 Å². The molecule has 146 valence electrons. The molecule has 2 N–H and O–H groups in total. The Morgan fingerprint density at radius 3 is 2.85 bits per heavy atom. The Morgan fingerprint density at radius 1 is 1.26 bits per heavy atom. The lowest BCUT2D eigenvalue weighted by Gasteiger charge is -2.20. The fraction of sp³-hybridized carbons (Fsp3) is 0.524. The molecule has 2 aromatic rings. The number of unbranched alkanes of at least 4 members (excludes halogenated alkanes) is 2. The van der Waals surface area contributed by atoms with E-state index in [0.29, 0.717) is 6.04 Å². The van der Waals surface area contributed by atoms with Gasteiger partial charge >= 0.3 is 6.03 Å². The molecule has 1 aliphatic rings. The third-order valence-corrected chi connectivity index (χ3v) is 5.22. The van der Waals surface area contributed by atoms with Gasteiger partial charge in [0.25, 0.3) is 0 Å². The fourth-order valence-corrected chi connectivity index (χ4v) is 3.58. The molecule has 1 aromatic heterocycles. The van der Waals surface area contributed by atoms with Gasteiger partial charge in [0.15, 0.2) is 0 Å². The summed E-state index contributed by atoms with van der Waals surface area (Å²) < 4.78 is 13.3. The number of aromatic nitrogens is 2. The number of halogens is 1. The average molecular weight is 372 g/mol. The largest absolute Gasteiger partial charge is 0.335 e. The Hall–Kier alpha value is -2.37. The van der Waals surface area contributed by atoms with Gasteiger partial charge in [-0.1, -0.05) is 31.4 Å². The number of hydrogen-bond donors (Lipinski definition) is 2. The summed E-state index contributed by atoms with van der Waals surface area (Å²) in [5.41, 5.74) is 2.61. The Morgan fingerprint density at radius 2 is 2.07 bits per heavy atom. The number of carbonyl (C=O) groups excluding carboxylic acids is 1. The lowest BCUT2D eigenvalue weighted by molar-refractivity contribution is 0.203. The summed E-state index contributed by atoms with van der Waals surface area (Å²) in [6, 6.07) is 8.88. The van der Waals surface area contributed by atoms with Gasteiger partial charge < -0.3 is 10.2 Å². The van der Waals surface area contributed by atoms with Crippen molar-refractivity contribution in [2.24, 2.45) is 0 Å². The number of aryl methyl sites for hydroxylation is 1. The number of rotatable bonds is 8. The van der Waals surface area contributed by atoms with E-state index in [-0.39, 0.29) is 11.8 Å². The van der Waals surface area contributed by atoms with Crippen molar-refractivity contribution in [3.8, 4) is 11.3 Å². The van der Waals surface area contributed by atoms with Gasteiger partial charge in [-0.05, 0) is 50.3 Å². The number of amides is 2. The second kappa shape index (κ2) is 9.53. The number of carbonyl (C=O) groups is 1. The van der Waals surface area contributed by atoms with E-state index in [1.807, 2.05) is 19.2 Å². The zero-order valence-corrected chi connectivity index (χ0v) is 16.0. The van der Waals surface area contributed by atoms with Gasteiger partial charge in [0.05, 0.1) is 5.69 Å². The highest BCUT2D eigenvalue weighted by atomic mass is 19.1. The zero-order valence-electron chi connectivity index (χ0n) is 16.0. The van der Waals surface area contributed by atoms with Crippen molar-refractivity contribution in [3.05, 3.63) is 41.8 Å². The van der Waals surface area contributed by atoms with Crippen LogP contribution in [-0.2, 0) is 6.42 Å². The molecular formula is C21H29FN4O. The standard InChI is InChI=1S/C21H29FN4O/c1-26(21(27)23-18-10-4-5-11-18)13-6-2-3-12-19-15-20(25-24-19)16-8-7-9-17(22)14-16/h7-9,14-15,18H,2-6,10-13H2,1H3,(H,23,27)(H,24,25). The number of hydrogen-bond acceptors (Lipinski definition) is 2. The normalized spacial score (nSPS) is 14.4. The molecule has 1 heterocycles. The first-order valence-electron chi connectivity index (χ1n) is 9.93. The summed E-state index contributed by atoms with van der Waals surface area (Å²) in [5.74, 6) is -0.252. The molecular weight excluding hydrogens is 343 g/mol. The van der Waals surface area contributed by atoms with E-state index < -0.39 is 0 Å². The van der Waals surface area contributed by atoms with Crippen LogP contribution in [0.1, 0.15) is 50.6 Å². The molecule has 0 unspecified atom stereocenters. The molecule has 27 heavy (non-hydrogen) atoms. The van der Waals surface area contributed by atoms with Crippen LogP contribution in [0.2, 0.25) is 0 Å². The van der Waals surface area contributed by atoms with Gasteiger partial charge in [0.2, 0.25) is 0 Å². The fourth-order valence-electron chi connectivity index (χ4n) is 3.58. The molecule has 0 saturated heterocycles. The number of nitrogens with one attached hydrogen (secondary N) is 2. The van der Waals surface area contributed by atoms with Crippen LogP contribution in [0.25, 0.3) is 11.3 Å². The van der Waals surface area contributed by atoms with Gasteiger partial charge in [0, 0.05) is 30.9 Å². The first-order valence-corrected chi connectivity index (χ1v) is 9.93. The Balaban J connectivity index is 1.34. The molecule has 1 fully saturated rings. The molecule has 1 aromatic carbocycles. The van der Waals surface area contributed by atoms with Crippen molar-refractivity contribution in [2.75, 3.05) is 13.6 Å². The van der Waals surface area contributed by atoms with Crippen molar-refractivity contribution in [3.63, 3.8) is 0 Å². The second-order valence-electron chi connectivity index (χ2n) is 7.45. The molecule has 0 aliphatic heterocycles. The van der Waals surface area contributed by atoms with Crippen LogP contribution in [0.4, 0.5) is 9.18 Å². The van der Waals surface area contributed by atoms with Crippen LogP contribution in [0.3, 0.4) is 0 Å². The first kappa shape index (κ1) is 19.4. The van der Waals surface area contributed by atoms with Gasteiger partial charge in [-0.3, -0.25) is 5.10 Å². The van der Waals surface area contributed by atoms with E-state index in [9.17, 15) is 9.18 Å². The monoisotopic (exact) mass is 372 g/mol. The molecule has 0 bridgehead atoms. The van der Waals surface area contributed by atoms with Crippen LogP contribution in [0, 0.1) is 5.82 Å². The first-order chi connectivity index (χ1) is 13.1. The highest BCUT2D eigenvalue weighted by Crippen LogP contribution is 2.20. The van der Waals surface area contributed by atoms with E-state index >= 15 is 0 Å². The summed E-state index contributed by atoms with van der Waals surface area (Å²) in [7, 11) is 1.87. The summed E-state index contributed by atoms with van der Waals surface area (Å²) in [6.45, 7) is 0.774. The van der Waals surface area contributed by atoms with Gasteiger partial charge in [-0.15, -0.1) is 0 Å². The van der Waals surface area contributed by atoms with E-state index in [1.54, 1.807) is 11.0 Å². The number of benzene rings is 1. The van der Waals surface area contributed by atoms with Crippen molar-refractivity contribution < 1.29 is 9.18 Å². The third kappa shape index (κ3) is 5.81. The van der Waals surface area contributed by atoms with Gasteiger partial charge in [-0.25, -0.2) is 9.18 Å². The number of nitrogens with zero attached hydrogens (tertiary/aromatic N) is 2. The molecule has 0 radical (unpaired) electrons.